The van der Waals surface area contributed by atoms with Gasteiger partial charge in [0.25, 0.3) is 17.6 Å². The fourth-order valence-electron chi connectivity index (χ4n) is 2.87. The summed E-state index contributed by atoms with van der Waals surface area (Å²) in [7, 11) is 0. The van der Waals surface area contributed by atoms with E-state index in [1.807, 2.05) is 0 Å². The Morgan fingerprint density at radius 2 is 2.06 bits per heavy atom. The van der Waals surface area contributed by atoms with Crippen LogP contribution in [0.5, 0.6) is 0 Å². The molecular formula is C20H17ClFN5O4. The van der Waals surface area contributed by atoms with Crippen LogP contribution >= 0.6 is 11.6 Å². The Balaban J connectivity index is 1.39. The molecule has 3 aromatic rings. The van der Waals surface area contributed by atoms with E-state index in [0.29, 0.717) is 11.7 Å². The summed E-state index contributed by atoms with van der Waals surface area (Å²) in [5.41, 5.74) is 0.854. The second kappa shape index (κ2) is 8.31. The van der Waals surface area contributed by atoms with Crippen molar-refractivity contribution in [1.29, 1.82) is 0 Å². The number of aromatic nitrogens is 3. The van der Waals surface area contributed by atoms with Gasteiger partial charge in [-0.2, -0.15) is 0 Å². The predicted octanol–water partition coefficient (Wildman–Crippen LogP) is 3.06. The molecular weight excluding hydrogens is 429 g/mol. The van der Waals surface area contributed by atoms with Gasteiger partial charge in [-0.15, -0.1) is 5.10 Å². The summed E-state index contributed by atoms with van der Waals surface area (Å²) < 4.78 is 20.3. The van der Waals surface area contributed by atoms with Gasteiger partial charge in [0.15, 0.2) is 5.76 Å². The van der Waals surface area contributed by atoms with Gasteiger partial charge in [-0.25, -0.2) is 9.07 Å². The lowest BCUT2D eigenvalue weighted by Crippen LogP contribution is -2.30. The smallest absolute Gasteiger partial charge is 0.296 e. The van der Waals surface area contributed by atoms with Gasteiger partial charge >= 0.3 is 0 Å². The van der Waals surface area contributed by atoms with Crippen LogP contribution in [-0.4, -0.2) is 32.6 Å². The van der Waals surface area contributed by atoms with Crippen molar-refractivity contribution in [2.24, 2.45) is 0 Å². The van der Waals surface area contributed by atoms with E-state index in [0.717, 1.165) is 18.9 Å². The zero-order chi connectivity index (χ0) is 22.1. The predicted molar refractivity (Wildman–Crippen MR) is 107 cm³/mol. The van der Waals surface area contributed by atoms with Crippen LogP contribution in [0.4, 0.5) is 10.1 Å². The number of benzene rings is 1. The van der Waals surface area contributed by atoms with Crippen molar-refractivity contribution in [3.63, 3.8) is 0 Å². The molecule has 2 amide bonds. The second-order valence-electron chi connectivity index (χ2n) is 7.10. The average Bonchev–Trinajstić information content (AvgIpc) is 3.35. The van der Waals surface area contributed by atoms with Gasteiger partial charge in [-0.05, 0) is 38.0 Å². The fraction of sp³-hybridized carbons (Fsp3) is 0.250. The number of aryl methyl sites for hydroxylation is 1. The van der Waals surface area contributed by atoms with E-state index in [2.05, 4.69) is 20.9 Å². The minimum Gasteiger partial charge on any atom is -0.457 e. The first kappa shape index (κ1) is 20.7. The number of Topliss-reactive ketones (excluding diaryl/α,β-unsaturated/α-hetero) is 1. The van der Waals surface area contributed by atoms with E-state index < -0.39 is 23.4 Å². The minimum absolute atomic E-state index is 0.0374. The molecule has 4 rings (SSSR count). The number of carbonyl (C=O) groups excluding carboxylic acids is 3. The lowest BCUT2D eigenvalue weighted by atomic mass is 10.2. The van der Waals surface area contributed by atoms with E-state index in [1.54, 1.807) is 10.9 Å². The lowest BCUT2D eigenvalue weighted by molar-refractivity contribution is -0.117. The first-order valence-corrected chi connectivity index (χ1v) is 9.79. The Bertz CT molecular complexity index is 1180. The number of nitrogens with zero attached hydrogens (tertiary/aromatic N) is 3. The third kappa shape index (κ3) is 4.64. The Morgan fingerprint density at radius 1 is 1.29 bits per heavy atom. The molecule has 0 aliphatic heterocycles. The first-order chi connectivity index (χ1) is 14.8. The molecule has 2 aromatic heterocycles. The first-order valence-electron chi connectivity index (χ1n) is 9.42. The Hall–Kier alpha value is -3.53. The molecule has 0 bridgehead atoms. The topological polar surface area (TPSA) is 119 Å². The molecule has 160 valence electrons. The summed E-state index contributed by atoms with van der Waals surface area (Å²) >= 11 is 5.71. The number of halogens is 2. The number of hydrogen-bond donors (Lipinski definition) is 2. The number of amides is 2. The molecule has 2 N–H and O–H groups in total. The highest BCUT2D eigenvalue weighted by molar-refractivity contribution is 6.42. The highest BCUT2D eigenvalue weighted by atomic mass is 35.5. The molecule has 31 heavy (non-hydrogen) atoms. The van der Waals surface area contributed by atoms with Crippen molar-refractivity contribution >= 4 is 34.9 Å². The van der Waals surface area contributed by atoms with E-state index in [1.165, 1.54) is 25.1 Å². The molecule has 0 radical (unpaired) electrons. The Kier molecular flexibility index (Phi) is 5.55. The van der Waals surface area contributed by atoms with Crippen LogP contribution in [0.2, 0.25) is 5.02 Å². The molecule has 11 heteroatoms. The summed E-state index contributed by atoms with van der Waals surface area (Å²) in [6, 6.07) is 5.25. The zero-order valence-electron chi connectivity index (χ0n) is 16.3. The maximum atomic E-state index is 13.3. The molecule has 0 saturated heterocycles. The number of furan rings is 1. The molecule has 0 atom stereocenters. The van der Waals surface area contributed by atoms with E-state index >= 15 is 0 Å². The molecule has 2 heterocycles. The van der Waals surface area contributed by atoms with Gasteiger partial charge < -0.3 is 15.1 Å². The van der Waals surface area contributed by atoms with Gasteiger partial charge in [0.1, 0.15) is 17.3 Å². The van der Waals surface area contributed by atoms with Gasteiger partial charge in [0.2, 0.25) is 0 Å². The van der Waals surface area contributed by atoms with Gasteiger partial charge in [0.05, 0.1) is 29.4 Å². The SMILES string of the molecule is Cc1oc(C(=O)C(=O)NCc2cn(C3CC3)nn2)cc1C(=O)Nc1ccc(F)c(Cl)c1. The van der Waals surface area contributed by atoms with Crippen molar-refractivity contribution in [2.75, 3.05) is 5.32 Å². The fourth-order valence-corrected chi connectivity index (χ4v) is 3.05. The van der Waals surface area contributed by atoms with Gasteiger partial charge in [-0.3, -0.25) is 14.4 Å². The summed E-state index contributed by atoms with van der Waals surface area (Å²) in [5.74, 6) is -3.17. The van der Waals surface area contributed by atoms with E-state index in [-0.39, 0.29) is 34.3 Å². The Morgan fingerprint density at radius 3 is 2.77 bits per heavy atom. The second-order valence-corrected chi connectivity index (χ2v) is 7.50. The largest absolute Gasteiger partial charge is 0.457 e. The molecule has 1 saturated carbocycles. The summed E-state index contributed by atoms with van der Waals surface area (Å²) in [6.07, 6.45) is 3.83. The van der Waals surface area contributed by atoms with Crippen LogP contribution in [0, 0.1) is 12.7 Å². The molecule has 0 unspecified atom stereocenters. The quantitative estimate of drug-likeness (QED) is 0.426. The third-order valence-electron chi connectivity index (χ3n) is 4.68. The number of rotatable bonds is 7. The molecule has 9 nitrogen and oxygen atoms in total. The molecule has 1 aliphatic rings. The van der Waals surface area contributed by atoms with E-state index in [4.69, 9.17) is 16.0 Å². The van der Waals surface area contributed by atoms with Crippen LogP contribution < -0.4 is 10.6 Å². The third-order valence-corrected chi connectivity index (χ3v) is 4.97. The summed E-state index contributed by atoms with van der Waals surface area (Å²) in [6.45, 7) is 1.52. The molecule has 0 spiro atoms. The number of ketones is 1. The van der Waals surface area contributed by atoms with Crippen LogP contribution in [-0.2, 0) is 11.3 Å². The summed E-state index contributed by atoms with van der Waals surface area (Å²) in [4.78, 5) is 37.0. The number of hydrogen-bond acceptors (Lipinski definition) is 6. The molecule has 1 aliphatic carbocycles. The van der Waals surface area contributed by atoms with E-state index in [9.17, 15) is 18.8 Å². The van der Waals surface area contributed by atoms with Crippen molar-refractivity contribution in [2.45, 2.75) is 32.4 Å². The maximum Gasteiger partial charge on any atom is 0.296 e. The minimum atomic E-state index is -0.929. The maximum absolute atomic E-state index is 13.3. The Labute approximate surface area is 180 Å². The van der Waals surface area contributed by atoms with Gasteiger partial charge in [0, 0.05) is 11.8 Å². The highest BCUT2D eigenvalue weighted by Gasteiger charge is 2.26. The van der Waals surface area contributed by atoms with Crippen molar-refractivity contribution < 1.29 is 23.2 Å². The summed E-state index contributed by atoms with van der Waals surface area (Å²) in [5, 5.41) is 12.8. The van der Waals surface area contributed by atoms with Crippen LogP contribution in [0.1, 0.15) is 51.3 Å². The van der Waals surface area contributed by atoms with Crippen LogP contribution in [0.15, 0.2) is 34.9 Å². The normalized spacial score (nSPS) is 13.1. The number of nitrogens with one attached hydrogen (secondary N) is 2. The van der Waals surface area contributed by atoms with Gasteiger partial charge in [-0.1, -0.05) is 16.8 Å². The van der Waals surface area contributed by atoms with Crippen molar-refractivity contribution in [3.8, 4) is 0 Å². The standard InChI is InChI=1S/C20H17ClFN5O4/c1-10-14(19(29)24-11-2-5-16(22)15(21)6-11)7-17(31-10)18(28)20(30)23-8-12-9-27(26-25-12)13-3-4-13/h2,5-7,9,13H,3-4,8H2,1H3,(H,23,30)(H,24,29). The average molecular weight is 446 g/mol. The highest BCUT2D eigenvalue weighted by Crippen LogP contribution is 2.33. The van der Waals surface area contributed by atoms with Crippen LogP contribution in [0.25, 0.3) is 0 Å². The molecule has 1 fully saturated rings. The molecule has 1 aromatic carbocycles. The van der Waals surface area contributed by atoms with Crippen molar-refractivity contribution in [3.05, 3.63) is 64.1 Å². The number of carbonyl (C=O) groups is 3. The number of anilines is 1. The van der Waals surface area contributed by atoms with Crippen LogP contribution in [0.3, 0.4) is 0 Å². The monoisotopic (exact) mass is 445 g/mol. The zero-order valence-corrected chi connectivity index (χ0v) is 17.1. The van der Waals surface area contributed by atoms with Crippen molar-refractivity contribution in [1.82, 2.24) is 20.3 Å². The lowest BCUT2D eigenvalue weighted by Gasteiger charge is -2.05.